The number of thiazole rings is 2. The van der Waals surface area contributed by atoms with E-state index in [9.17, 15) is 0 Å². The Labute approximate surface area is 184 Å². The number of hydrogen-bond acceptors (Lipinski definition) is 5. The summed E-state index contributed by atoms with van der Waals surface area (Å²) in [7, 11) is 0. The van der Waals surface area contributed by atoms with E-state index in [1.54, 1.807) is 22.7 Å². The van der Waals surface area contributed by atoms with Crippen LogP contribution in [0.1, 0.15) is 16.0 Å². The largest absolute Gasteiger partial charge is 0.332 e. The normalized spacial score (nSPS) is 11.2. The van der Waals surface area contributed by atoms with Gasteiger partial charge in [0.05, 0.1) is 15.9 Å². The first-order valence-corrected chi connectivity index (χ1v) is 11.5. The van der Waals surface area contributed by atoms with Crippen molar-refractivity contribution in [1.82, 2.24) is 9.97 Å². The van der Waals surface area contributed by atoms with Crippen LogP contribution < -0.4 is 5.32 Å². The van der Waals surface area contributed by atoms with Crippen molar-refractivity contribution in [3.63, 3.8) is 0 Å². The van der Waals surface area contributed by atoms with Crippen LogP contribution in [0.4, 0.5) is 10.8 Å². The number of fused-ring (bicyclic) bond motifs is 1. The number of nitrogens with zero attached hydrogens (tertiary/aromatic N) is 2. The second kappa shape index (κ2) is 7.67. The van der Waals surface area contributed by atoms with Crippen molar-refractivity contribution in [2.45, 2.75) is 20.8 Å². The lowest BCUT2D eigenvalue weighted by Gasteiger charge is -2.04. The molecule has 0 amide bonds. The first-order valence-electron chi connectivity index (χ1n) is 9.85. The fraction of sp³-hybridized carbons (Fsp3) is 0.120. The maximum atomic E-state index is 4.90. The van der Waals surface area contributed by atoms with Crippen molar-refractivity contribution >= 4 is 43.7 Å². The van der Waals surface area contributed by atoms with Crippen LogP contribution in [0.5, 0.6) is 0 Å². The molecule has 0 aliphatic rings. The molecule has 3 nitrogen and oxygen atoms in total. The van der Waals surface area contributed by atoms with E-state index in [4.69, 9.17) is 9.97 Å². The highest BCUT2D eigenvalue weighted by Crippen LogP contribution is 2.35. The molecule has 0 aliphatic heterocycles. The van der Waals surface area contributed by atoms with E-state index in [-0.39, 0.29) is 0 Å². The van der Waals surface area contributed by atoms with Gasteiger partial charge in [-0.1, -0.05) is 59.9 Å². The van der Waals surface area contributed by atoms with Crippen LogP contribution in [0, 0.1) is 20.8 Å². The third-order valence-electron chi connectivity index (χ3n) is 5.06. The highest BCUT2D eigenvalue weighted by Gasteiger charge is 2.12. The maximum absolute atomic E-state index is 4.90. The van der Waals surface area contributed by atoms with E-state index in [0.717, 1.165) is 38.2 Å². The molecule has 0 saturated carbocycles. The highest BCUT2D eigenvalue weighted by atomic mass is 32.1. The van der Waals surface area contributed by atoms with Gasteiger partial charge in [-0.05, 0) is 50.1 Å². The Morgan fingerprint density at radius 2 is 1.53 bits per heavy atom. The molecule has 0 bridgehead atoms. The lowest BCUT2D eigenvalue weighted by atomic mass is 10.1. The fourth-order valence-corrected chi connectivity index (χ4v) is 5.63. The molecule has 30 heavy (non-hydrogen) atoms. The molecule has 0 radical (unpaired) electrons. The Bertz CT molecular complexity index is 1330. The summed E-state index contributed by atoms with van der Waals surface area (Å²) in [6, 6.07) is 23.2. The molecule has 5 aromatic rings. The number of benzene rings is 3. The summed E-state index contributed by atoms with van der Waals surface area (Å²) in [6.07, 6.45) is 0. The Kier molecular flexibility index (Phi) is 4.85. The van der Waals surface area contributed by atoms with E-state index in [0.29, 0.717) is 0 Å². The molecule has 5 heteroatoms. The minimum absolute atomic E-state index is 0.919. The molecular formula is C25H21N3S2. The topological polar surface area (TPSA) is 37.8 Å². The van der Waals surface area contributed by atoms with Gasteiger partial charge in [0, 0.05) is 21.7 Å². The summed E-state index contributed by atoms with van der Waals surface area (Å²) < 4.78 is 1.22. The second-order valence-corrected chi connectivity index (χ2v) is 9.67. The van der Waals surface area contributed by atoms with Crippen LogP contribution in [0.25, 0.3) is 32.0 Å². The van der Waals surface area contributed by atoms with Crippen molar-refractivity contribution < 1.29 is 0 Å². The van der Waals surface area contributed by atoms with Crippen molar-refractivity contribution in [1.29, 1.82) is 0 Å². The fourth-order valence-electron chi connectivity index (χ4n) is 3.63. The van der Waals surface area contributed by atoms with E-state index >= 15 is 0 Å². The summed E-state index contributed by atoms with van der Waals surface area (Å²) in [5.41, 5.74) is 7.95. The smallest absolute Gasteiger partial charge is 0.188 e. The Morgan fingerprint density at radius 1 is 0.767 bits per heavy atom. The van der Waals surface area contributed by atoms with E-state index in [1.807, 2.05) is 6.07 Å². The van der Waals surface area contributed by atoms with Crippen LogP contribution in [0.2, 0.25) is 0 Å². The summed E-state index contributed by atoms with van der Waals surface area (Å²) >= 11 is 3.43. The molecule has 148 valence electrons. The van der Waals surface area contributed by atoms with Gasteiger partial charge in [-0.25, -0.2) is 9.97 Å². The number of rotatable bonds is 4. The summed E-state index contributed by atoms with van der Waals surface area (Å²) in [5.74, 6) is 0. The Morgan fingerprint density at radius 3 is 2.30 bits per heavy atom. The summed E-state index contributed by atoms with van der Waals surface area (Å²) in [6.45, 7) is 6.38. The maximum Gasteiger partial charge on any atom is 0.188 e. The van der Waals surface area contributed by atoms with Crippen LogP contribution in [0.15, 0.2) is 66.7 Å². The number of nitrogens with one attached hydrogen (secondary N) is 1. The Balaban J connectivity index is 1.40. The second-order valence-electron chi connectivity index (χ2n) is 7.44. The van der Waals surface area contributed by atoms with Gasteiger partial charge in [0.1, 0.15) is 5.01 Å². The van der Waals surface area contributed by atoms with E-state index < -0.39 is 0 Å². The predicted octanol–water partition coefficient (Wildman–Crippen LogP) is 7.76. The van der Waals surface area contributed by atoms with E-state index in [2.05, 4.69) is 86.8 Å². The monoisotopic (exact) mass is 427 g/mol. The lowest BCUT2D eigenvalue weighted by molar-refractivity contribution is 1.36. The Hall–Kier alpha value is -3.02. The van der Waals surface area contributed by atoms with Crippen LogP contribution in [-0.4, -0.2) is 9.97 Å². The molecule has 0 unspecified atom stereocenters. The van der Waals surface area contributed by atoms with Crippen molar-refractivity contribution in [3.8, 4) is 21.8 Å². The van der Waals surface area contributed by atoms with Gasteiger partial charge in [0.15, 0.2) is 5.13 Å². The minimum atomic E-state index is 0.919. The summed E-state index contributed by atoms with van der Waals surface area (Å²) in [4.78, 5) is 10.9. The SMILES string of the molecule is Cc1cc(C)c2nc(Nc3ccc(-c4nc(-c5ccccc5)sc4C)cc3)sc2c1. The molecule has 0 atom stereocenters. The molecule has 2 aromatic heterocycles. The first kappa shape index (κ1) is 19.0. The molecule has 0 aliphatic carbocycles. The third-order valence-corrected chi connectivity index (χ3v) is 6.99. The van der Waals surface area contributed by atoms with Crippen molar-refractivity contribution in [3.05, 3.63) is 82.7 Å². The zero-order chi connectivity index (χ0) is 20.7. The lowest BCUT2D eigenvalue weighted by Crippen LogP contribution is -1.89. The van der Waals surface area contributed by atoms with Crippen LogP contribution >= 0.6 is 22.7 Å². The molecule has 5 rings (SSSR count). The van der Waals surface area contributed by atoms with Crippen LogP contribution in [0.3, 0.4) is 0 Å². The van der Waals surface area contributed by atoms with Gasteiger partial charge in [-0.3, -0.25) is 0 Å². The predicted molar refractivity (Wildman–Crippen MR) is 130 cm³/mol. The highest BCUT2D eigenvalue weighted by molar-refractivity contribution is 7.22. The minimum Gasteiger partial charge on any atom is -0.332 e. The standard InChI is InChI=1S/C25H21N3S2/c1-15-13-16(2)22-21(14-15)30-25(28-22)26-20-11-9-18(10-12-20)23-17(3)29-24(27-23)19-7-5-4-6-8-19/h4-14H,1-3H3,(H,26,28). The van der Waals surface area contributed by atoms with Gasteiger partial charge in [0.2, 0.25) is 0 Å². The number of anilines is 2. The number of hydrogen-bond donors (Lipinski definition) is 1. The van der Waals surface area contributed by atoms with Gasteiger partial charge in [-0.15, -0.1) is 11.3 Å². The molecule has 1 N–H and O–H groups in total. The first-order chi connectivity index (χ1) is 14.6. The molecule has 2 heterocycles. The van der Waals surface area contributed by atoms with Gasteiger partial charge >= 0.3 is 0 Å². The molecule has 0 saturated heterocycles. The third kappa shape index (κ3) is 3.62. The summed E-state index contributed by atoms with van der Waals surface area (Å²) in [5, 5.41) is 5.43. The average molecular weight is 428 g/mol. The molecule has 0 fully saturated rings. The van der Waals surface area contributed by atoms with Gasteiger partial charge in [0.25, 0.3) is 0 Å². The van der Waals surface area contributed by atoms with Gasteiger partial charge < -0.3 is 5.32 Å². The van der Waals surface area contributed by atoms with Crippen LogP contribution in [-0.2, 0) is 0 Å². The number of aryl methyl sites for hydroxylation is 3. The average Bonchev–Trinajstić information content (AvgIpc) is 3.33. The van der Waals surface area contributed by atoms with E-state index in [1.165, 1.54) is 20.7 Å². The molecule has 0 spiro atoms. The molecule has 3 aromatic carbocycles. The molecular weight excluding hydrogens is 406 g/mol. The zero-order valence-electron chi connectivity index (χ0n) is 17.1. The quantitative estimate of drug-likeness (QED) is 0.318. The van der Waals surface area contributed by atoms with Crippen molar-refractivity contribution in [2.24, 2.45) is 0 Å². The van der Waals surface area contributed by atoms with Crippen molar-refractivity contribution in [2.75, 3.05) is 5.32 Å². The zero-order valence-corrected chi connectivity index (χ0v) is 18.7. The number of aromatic nitrogens is 2. The van der Waals surface area contributed by atoms with Gasteiger partial charge in [-0.2, -0.15) is 0 Å².